The summed E-state index contributed by atoms with van der Waals surface area (Å²) < 4.78 is 14.5. The van der Waals surface area contributed by atoms with Crippen LogP contribution in [0, 0.1) is 5.82 Å². The van der Waals surface area contributed by atoms with Gasteiger partial charge in [0, 0.05) is 18.2 Å². The quantitative estimate of drug-likeness (QED) is 0.752. The van der Waals surface area contributed by atoms with E-state index in [1.54, 1.807) is 0 Å². The van der Waals surface area contributed by atoms with E-state index in [0.29, 0.717) is 10.6 Å². The molecule has 1 aliphatic rings. The SMILES string of the molecule is C[C@]1(c2cc(CC(=O)c3ncc(Cl)cc3Cl)ccc2F)N=C(N)SCC1=O. The van der Waals surface area contributed by atoms with Gasteiger partial charge in [0.2, 0.25) is 0 Å². The molecule has 0 saturated heterocycles. The number of carbonyl (C=O) groups excluding carboxylic acids is 2. The van der Waals surface area contributed by atoms with Crippen LogP contribution < -0.4 is 5.73 Å². The topological polar surface area (TPSA) is 85.4 Å². The molecule has 2 aromatic rings. The minimum absolute atomic E-state index is 0.0696. The Hall–Kier alpha value is -1.96. The number of aromatic nitrogens is 1. The van der Waals surface area contributed by atoms with Crippen LogP contribution in [0.25, 0.3) is 0 Å². The summed E-state index contributed by atoms with van der Waals surface area (Å²) in [4.78, 5) is 33.0. The molecule has 1 atom stereocenters. The molecule has 0 radical (unpaired) electrons. The van der Waals surface area contributed by atoms with Crippen molar-refractivity contribution in [1.82, 2.24) is 4.98 Å². The number of carbonyl (C=O) groups is 2. The average Bonchev–Trinajstić information content (AvgIpc) is 2.60. The Morgan fingerprint density at radius 2 is 2.11 bits per heavy atom. The Morgan fingerprint density at radius 3 is 2.81 bits per heavy atom. The third-order valence-corrected chi connectivity index (χ3v) is 5.51. The number of hydrogen-bond acceptors (Lipinski definition) is 6. The van der Waals surface area contributed by atoms with Gasteiger partial charge >= 0.3 is 0 Å². The first kappa shape index (κ1) is 19.8. The number of amidine groups is 1. The third kappa shape index (κ3) is 4.00. The number of Topliss-reactive ketones (excluding diaryl/α,β-unsaturated/α-hetero) is 2. The maximum absolute atomic E-state index is 14.5. The molecule has 2 N–H and O–H groups in total. The van der Waals surface area contributed by atoms with Crippen LogP contribution in [-0.2, 0) is 16.8 Å². The van der Waals surface area contributed by atoms with Crippen molar-refractivity contribution in [1.29, 1.82) is 0 Å². The molecule has 1 aromatic heterocycles. The number of nitrogens with zero attached hydrogens (tertiary/aromatic N) is 2. The highest BCUT2D eigenvalue weighted by Gasteiger charge is 2.40. The van der Waals surface area contributed by atoms with Crippen molar-refractivity contribution in [2.75, 3.05) is 5.75 Å². The smallest absolute Gasteiger partial charge is 0.187 e. The number of benzene rings is 1. The molecule has 0 bridgehead atoms. The lowest BCUT2D eigenvalue weighted by Crippen LogP contribution is -2.39. The van der Waals surface area contributed by atoms with Crippen LogP contribution in [0.5, 0.6) is 0 Å². The summed E-state index contributed by atoms with van der Waals surface area (Å²) in [5.74, 6) is -1.09. The molecule has 5 nitrogen and oxygen atoms in total. The van der Waals surface area contributed by atoms with Gasteiger partial charge in [-0.1, -0.05) is 41.0 Å². The Morgan fingerprint density at radius 1 is 1.37 bits per heavy atom. The van der Waals surface area contributed by atoms with Crippen LogP contribution in [-0.4, -0.2) is 27.5 Å². The lowest BCUT2D eigenvalue weighted by atomic mass is 9.86. The number of nitrogens with two attached hydrogens (primary N) is 1. The van der Waals surface area contributed by atoms with Crippen molar-refractivity contribution in [3.63, 3.8) is 0 Å². The highest BCUT2D eigenvalue weighted by Crippen LogP contribution is 2.34. The molecule has 0 aliphatic carbocycles. The van der Waals surface area contributed by atoms with Gasteiger partial charge in [-0.2, -0.15) is 0 Å². The molecule has 0 spiro atoms. The standard InChI is InChI=1S/C18H14Cl2FN3O2S/c1-18(15(26)8-27-17(22)24-18)11-4-9(2-3-13(11)21)5-14(25)16-12(20)6-10(19)7-23-16/h2-4,6-7H,5,8H2,1H3,(H2,22,24)/t18-/m1/s1. The van der Waals surface area contributed by atoms with E-state index < -0.39 is 11.4 Å². The number of aliphatic imine (C=N–C) groups is 1. The maximum Gasteiger partial charge on any atom is 0.187 e. The van der Waals surface area contributed by atoms with Crippen LogP contribution in [0.2, 0.25) is 10.0 Å². The Balaban J connectivity index is 1.95. The fourth-order valence-corrected chi connectivity index (χ4v) is 4.04. The Labute approximate surface area is 169 Å². The van der Waals surface area contributed by atoms with Crippen molar-refractivity contribution in [3.05, 3.63) is 63.1 Å². The van der Waals surface area contributed by atoms with Crippen LogP contribution in [0.1, 0.15) is 28.5 Å². The van der Waals surface area contributed by atoms with Crippen molar-refractivity contribution >= 4 is 51.7 Å². The second kappa shape index (κ2) is 7.58. The summed E-state index contributed by atoms with van der Waals surface area (Å²) in [5, 5.41) is 0.673. The molecular formula is C18H14Cl2FN3O2S. The first-order valence-electron chi connectivity index (χ1n) is 7.85. The fourth-order valence-electron chi connectivity index (χ4n) is 2.75. The molecule has 2 heterocycles. The van der Waals surface area contributed by atoms with E-state index in [0.717, 1.165) is 11.8 Å². The van der Waals surface area contributed by atoms with Gasteiger partial charge in [0.25, 0.3) is 0 Å². The van der Waals surface area contributed by atoms with E-state index in [1.807, 2.05) is 0 Å². The van der Waals surface area contributed by atoms with E-state index in [4.69, 9.17) is 28.9 Å². The van der Waals surface area contributed by atoms with Gasteiger partial charge in [-0.3, -0.25) is 9.59 Å². The van der Waals surface area contributed by atoms with Gasteiger partial charge in [-0.15, -0.1) is 0 Å². The van der Waals surface area contributed by atoms with Crippen molar-refractivity contribution < 1.29 is 14.0 Å². The summed E-state index contributed by atoms with van der Waals surface area (Å²) >= 11 is 12.9. The first-order valence-corrected chi connectivity index (χ1v) is 9.59. The third-order valence-electron chi connectivity index (χ3n) is 4.22. The fraction of sp³-hybridized carbons (Fsp3) is 0.222. The summed E-state index contributed by atoms with van der Waals surface area (Å²) in [6, 6.07) is 5.57. The molecule has 0 fully saturated rings. The molecule has 27 heavy (non-hydrogen) atoms. The molecule has 0 amide bonds. The second-order valence-corrected chi connectivity index (χ2v) is 7.97. The summed E-state index contributed by atoms with van der Waals surface area (Å²) in [5.41, 5.74) is 4.97. The number of ketones is 2. The minimum atomic E-state index is -1.42. The van der Waals surface area contributed by atoms with Gasteiger partial charge in [0.1, 0.15) is 17.1 Å². The second-order valence-electron chi connectivity index (χ2n) is 6.13. The van der Waals surface area contributed by atoms with Crippen molar-refractivity contribution in [2.45, 2.75) is 18.9 Å². The van der Waals surface area contributed by atoms with Crippen LogP contribution >= 0.6 is 35.0 Å². The van der Waals surface area contributed by atoms with E-state index >= 15 is 0 Å². The van der Waals surface area contributed by atoms with E-state index in [1.165, 1.54) is 37.4 Å². The zero-order chi connectivity index (χ0) is 19.8. The number of halogens is 3. The van der Waals surface area contributed by atoms with E-state index in [-0.39, 0.29) is 45.2 Å². The first-order chi connectivity index (χ1) is 12.7. The van der Waals surface area contributed by atoms with Crippen molar-refractivity contribution in [3.8, 4) is 0 Å². The van der Waals surface area contributed by atoms with E-state index in [2.05, 4.69) is 9.98 Å². The lowest BCUT2D eigenvalue weighted by molar-refractivity contribution is -0.121. The molecule has 1 aliphatic heterocycles. The van der Waals surface area contributed by atoms with Crippen molar-refractivity contribution in [2.24, 2.45) is 10.7 Å². The van der Waals surface area contributed by atoms with Gasteiger partial charge in [-0.25, -0.2) is 14.4 Å². The molecule has 1 aromatic carbocycles. The zero-order valence-electron chi connectivity index (χ0n) is 14.1. The minimum Gasteiger partial charge on any atom is -0.378 e. The highest BCUT2D eigenvalue weighted by molar-refractivity contribution is 8.14. The largest absolute Gasteiger partial charge is 0.378 e. The zero-order valence-corrected chi connectivity index (χ0v) is 16.5. The molecule has 0 unspecified atom stereocenters. The normalized spacial score (nSPS) is 19.7. The Bertz CT molecular complexity index is 983. The lowest BCUT2D eigenvalue weighted by Gasteiger charge is -2.28. The van der Waals surface area contributed by atoms with Gasteiger partial charge in [0.05, 0.1) is 15.8 Å². The summed E-state index contributed by atoms with van der Waals surface area (Å²) in [7, 11) is 0. The van der Waals surface area contributed by atoms with Gasteiger partial charge in [0.15, 0.2) is 16.7 Å². The molecular weight excluding hydrogens is 412 g/mol. The molecule has 9 heteroatoms. The number of pyridine rings is 1. The van der Waals surface area contributed by atoms with E-state index in [9.17, 15) is 14.0 Å². The van der Waals surface area contributed by atoms with Crippen LogP contribution in [0.3, 0.4) is 0 Å². The van der Waals surface area contributed by atoms with Crippen LogP contribution in [0.15, 0.2) is 35.5 Å². The predicted molar refractivity (Wildman–Crippen MR) is 105 cm³/mol. The number of hydrogen-bond donors (Lipinski definition) is 1. The molecule has 140 valence electrons. The van der Waals surface area contributed by atoms with Gasteiger partial charge < -0.3 is 5.73 Å². The summed E-state index contributed by atoms with van der Waals surface area (Å²) in [6.45, 7) is 1.52. The maximum atomic E-state index is 14.5. The Kier molecular flexibility index (Phi) is 5.55. The monoisotopic (exact) mass is 425 g/mol. The van der Waals surface area contributed by atoms with Gasteiger partial charge in [-0.05, 0) is 30.7 Å². The number of rotatable bonds is 4. The summed E-state index contributed by atoms with van der Waals surface area (Å²) in [6.07, 6.45) is 1.26. The van der Waals surface area contributed by atoms with Crippen LogP contribution in [0.4, 0.5) is 4.39 Å². The average molecular weight is 426 g/mol. The number of thioether (sulfide) groups is 1. The highest BCUT2D eigenvalue weighted by atomic mass is 35.5. The predicted octanol–water partition coefficient (Wildman–Crippen LogP) is 3.80. The molecule has 0 saturated carbocycles. The molecule has 3 rings (SSSR count).